The van der Waals surface area contributed by atoms with Crippen molar-refractivity contribution in [1.82, 2.24) is 14.7 Å². The van der Waals surface area contributed by atoms with Gasteiger partial charge >= 0.3 is 0 Å². The van der Waals surface area contributed by atoms with E-state index in [4.69, 9.17) is 5.10 Å². The van der Waals surface area contributed by atoms with E-state index in [0.717, 1.165) is 21.8 Å². The second kappa shape index (κ2) is 7.96. The number of nitrogens with zero attached hydrogens (tertiary/aromatic N) is 3. The average molecular weight is 428 g/mol. The number of thiophene rings is 1. The lowest BCUT2D eigenvalue weighted by Crippen LogP contribution is -2.36. The van der Waals surface area contributed by atoms with E-state index in [0.29, 0.717) is 6.42 Å². The van der Waals surface area contributed by atoms with E-state index in [1.165, 1.54) is 11.0 Å². The Kier molecular flexibility index (Phi) is 5.38. The molecular weight excluding hydrogens is 406 g/mol. The minimum atomic E-state index is -3.03. The van der Waals surface area contributed by atoms with Gasteiger partial charge in [0.25, 0.3) is 0 Å². The Morgan fingerprint density at radius 2 is 2.03 bits per heavy atom. The highest BCUT2D eigenvalue weighted by molar-refractivity contribution is 7.91. The molecular formula is C21H21N3O3S2. The maximum absolute atomic E-state index is 12.6. The molecule has 6 nitrogen and oxygen atoms in total. The molecule has 0 spiro atoms. The van der Waals surface area contributed by atoms with Crippen LogP contribution in [-0.2, 0) is 14.6 Å². The van der Waals surface area contributed by atoms with E-state index < -0.39 is 9.84 Å². The fraction of sp³-hybridized carbons (Fsp3) is 0.238. The number of benzene rings is 1. The molecule has 1 unspecified atom stereocenters. The molecule has 1 atom stereocenters. The SMILES string of the molecule is CN(C(=O)/C=C/c1cn(-c2ccccc2)nc1-c1cccs1)C1CCS(=O)(=O)C1. The van der Waals surface area contributed by atoms with Crippen LogP contribution < -0.4 is 0 Å². The maximum Gasteiger partial charge on any atom is 0.246 e. The molecule has 0 N–H and O–H groups in total. The van der Waals surface area contributed by atoms with Crippen molar-refractivity contribution in [3.63, 3.8) is 0 Å². The van der Waals surface area contributed by atoms with Crippen LogP contribution >= 0.6 is 11.3 Å². The quantitative estimate of drug-likeness (QED) is 0.586. The van der Waals surface area contributed by atoms with Crippen LogP contribution in [0.25, 0.3) is 22.3 Å². The number of aromatic nitrogens is 2. The number of amides is 1. The Bertz CT molecular complexity index is 1130. The molecule has 2 aromatic heterocycles. The lowest BCUT2D eigenvalue weighted by Gasteiger charge is -2.21. The highest BCUT2D eigenvalue weighted by atomic mass is 32.2. The van der Waals surface area contributed by atoms with Gasteiger partial charge in [0.1, 0.15) is 5.69 Å². The Labute approximate surface area is 174 Å². The summed E-state index contributed by atoms with van der Waals surface area (Å²) in [4.78, 5) is 15.1. The molecule has 29 heavy (non-hydrogen) atoms. The molecule has 150 valence electrons. The zero-order valence-electron chi connectivity index (χ0n) is 15.9. The molecule has 3 aromatic rings. The van der Waals surface area contributed by atoms with Crippen molar-refractivity contribution in [3.8, 4) is 16.3 Å². The van der Waals surface area contributed by atoms with Crippen LogP contribution in [0.4, 0.5) is 0 Å². The average Bonchev–Trinajstić information content (AvgIpc) is 3.45. The minimum absolute atomic E-state index is 0.0372. The second-order valence-corrected chi connectivity index (χ2v) is 10.2. The zero-order valence-corrected chi connectivity index (χ0v) is 17.6. The van der Waals surface area contributed by atoms with Crippen LogP contribution in [0.1, 0.15) is 12.0 Å². The van der Waals surface area contributed by atoms with Gasteiger partial charge in [0, 0.05) is 30.9 Å². The summed E-state index contributed by atoms with van der Waals surface area (Å²) < 4.78 is 25.2. The molecule has 0 radical (unpaired) electrons. The first-order valence-corrected chi connectivity index (χ1v) is 12.0. The predicted molar refractivity (Wildman–Crippen MR) is 116 cm³/mol. The fourth-order valence-electron chi connectivity index (χ4n) is 3.37. The second-order valence-electron chi connectivity index (χ2n) is 7.03. The smallest absolute Gasteiger partial charge is 0.246 e. The Balaban J connectivity index is 1.60. The van der Waals surface area contributed by atoms with Gasteiger partial charge in [0.2, 0.25) is 5.91 Å². The van der Waals surface area contributed by atoms with Crippen molar-refractivity contribution in [2.24, 2.45) is 0 Å². The molecule has 4 rings (SSSR count). The third-order valence-electron chi connectivity index (χ3n) is 5.03. The fourth-order valence-corrected chi connectivity index (χ4v) is 5.87. The van der Waals surface area contributed by atoms with E-state index in [9.17, 15) is 13.2 Å². The molecule has 8 heteroatoms. The third-order valence-corrected chi connectivity index (χ3v) is 7.65. The molecule has 3 heterocycles. The predicted octanol–water partition coefficient (Wildman–Crippen LogP) is 3.26. The van der Waals surface area contributed by atoms with Crippen LogP contribution in [0.15, 0.2) is 60.1 Å². The largest absolute Gasteiger partial charge is 0.338 e. The topological polar surface area (TPSA) is 72.3 Å². The summed E-state index contributed by atoms with van der Waals surface area (Å²) in [5.41, 5.74) is 2.57. The summed E-state index contributed by atoms with van der Waals surface area (Å²) in [6.07, 6.45) is 5.64. The van der Waals surface area contributed by atoms with E-state index in [1.807, 2.05) is 54.0 Å². The summed E-state index contributed by atoms with van der Waals surface area (Å²) in [5.74, 6) is -0.0300. The zero-order chi connectivity index (χ0) is 20.4. The number of rotatable bonds is 5. The highest BCUT2D eigenvalue weighted by Crippen LogP contribution is 2.28. The maximum atomic E-state index is 12.6. The van der Waals surface area contributed by atoms with Crippen molar-refractivity contribution in [1.29, 1.82) is 0 Å². The molecule has 0 saturated carbocycles. The van der Waals surface area contributed by atoms with Crippen molar-refractivity contribution in [2.75, 3.05) is 18.6 Å². The van der Waals surface area contributed by atoms with Crippen LogP contribution in [0.3, 0.4) is 0 Å². The first-order chi connectivity index (χ1) is 13.9. The number of carbonyl (C=O) groups excluding carboxylic acids is 1. The van der Waals surface area contributed by atoms with Crippen molar-refractivity contribution < 1.29 is 13.2 Å². The minimum Gasteiger partial charge on any atom is -0.338 e. The Morgan fingerprint density at radius 3 is 2.69 bits per heavy atom. The lowest BCUT2D eigenvalue weighted by atomic mass is 10.2. The van der Waals surface area contributed by atoms with Crippen LogP contribution in [0.2, 0.25) is 0 Å². The first kappa shape index (κ1) is 19.6. The number of hydrogen-bond acceptors (Lipinski definition) is 5. The van der Waals surface area contributed by atoms with Crippen LogP contribution in [-0.4, -0.2) is 53.6 Å². The number of likely N-dealkylation sites (N-methyl/N-ethyl adjacent to an activating group) is 1. The Hall–Kier alpha value is -2.71. The molecule has 0 aliphatic carbocycles. The first-order valence-electron chi connectivity index (χ1n) is 9.27. The van der Waals surface area contributed by atoms with Gasteiger partial charge in [-0.1, -0.05) is 24.3 Å². The lowest BCUT2D eigenvalue weighted by molar-refractivity contribution is -0.126. The Morgan fingerprint density at radius 1 is 1.24 bits per heavy atom. The van der Waals surface area contributed by atoms with E-state index in [-0.39, 0.29) is 23.5 Å². The third kappa shape index (κ3) is 4.33. The van der Waals surface area contributed by atoms with Gasteiger partial charge in [-0.25, -0.2) is 13.1 Å². The molecule has 1 amide bonds. The molecule has 1 aliphatic heterocycles. The van der Waals surface area contributed by atoms with Gasteiger partial charge in [-0.15, -0.1) is 11.3 Å². The molecule has 1 aromatic carbocycles. The highest BCUT2D eigenvalue weighted by Gasteiger charge is 2.32. The van der Waals surface area contributed by atoms with Crippen molar-refractivity contribution in [2.45, 2.75) is 12.5 Å². The van der Waals surface area contributed by atoms with Gasteiger partial charge < -0.3 is 4.90 Å². The summed E-state index contributed by atoms with van der Waals surface area (Å²) >= 11 is 1.59. The number of sulfone groups is 1. The normalized spacial score (nSPS) is 18.3. The summed E-state index contributed by atoms with van der Waals surface area (Å²) in [6, 6.07) is 13.5. The standard InChI is InChI=1S/C21H21N3O3S2/c1-23(18-11-13-29(26,27)15-18)20(25)10-9-16-14-24(17-6-3-2-4-7-17)22-21(16)19-8-5-12-28-19/h2-10,12,14,18H,11,13,15H2,1H3/b10-9+. The van der Waals surface area contributed by atoms with E-state index in [2.05, 4.69) is 0 Å². The number of para-hydroxylation sites is 1. The summed E-state index contributed by atoms with van der Waals surface area (Å²) in [7, 11) is -1.38. The van der Waals surface area contributed by atoms with Gasteiger partial charge in [0.05, 0.1) is 22.1 Å². The van der Waals surface area contributed by atoms with E-state index >= 15 is 0 Å². The van der Waals surface area contributed by atoms with Gasteiger partial charge in [-0.3, -0.25) is 4.79 Å². The van der Waals surface area contributed by atoms with Gasteiger partial charge in [-0.2, -0.15) is 5.10 Å². The van der Waals surface area contributed by atoms with Crippen LogP contribution in [0, 0.1) is 0 Å². The molecule has 1 fully saturated rings. The van der Waals surface area contributed by atoms with E-state index in [1.54, 1.807) is 29.1 Å². The number of carbonyl (C=O) groups is 1. The van der Waals surface area contributed by atoms with Crippen LogP contribution in [0.5, 0.6) is 0 Å². The summed E-state index contributed by atoms with van der Waals surface area (Å²) in [6.45, 7) is 0. The monoisotopic (exact) mass is 427 g/mol. The molecule has 1 aliphatic rings. The summed E-state index contributed by atoms with van der Waals surface area (Å²) in [5, 5.41) is 6.70. The van der Waals surface area contributed by atoms with Crippen molar-refractivity contribution in [3.05, 3.63) is 65.7 Å². The molecule has 1 saturated heterocycles. The number of hydrogen-bond donors (Lipinski definition) is 0. The van der Waals surface area contributed by atoms with Crippen molar-refractivity contribution >= 4 is 33.2 Å². The van der Waals surface area contributed by atoms with Gasteiger partial charge in [-0.05, 0) is 36.1 Å². The van der Waals surface area contributed by atoms with Gasteiger partial charge in [0.15, 0.2) is 9.84 Å². The molecule has 0 bridgehead atoms.